The van der Waals surface area contributed by atoms with Crippen molar-refractivity contribution in [2.75, 3.05) is 13.1 Å². The molecule has 3 aromatic carbocycles. The maximum Gasteiger partial charge on any atom is 0.306 e. The lowest BCUT2D eigenvalue weighted by molar-refractivity contribution is -0.143. The minimum absolute atomic E-state index is 0.119. The first kappa shape index (κ1) is 22.7. The molecule has 1 atom stereocenters. The van der Waals surface area contributed by atoms with Crippen molar-refractivity contribution in [2.45, 2.75) is 25.5 Å². The van der Waals surface area contributed by atoms with Gasteiger partial charge in [0.2, 0.25) is 0 Å². The van der Waals surface area contributed by atoms with E-state index in [4.69, 9.17) is 27.9 Å². The van der Waals surface area contributed by atoms with Gasteiger partial charge in [0.15, 0.2) is 0 Å². The normalized spacial score (nSPS) is 15.9. The van der Waals surface area contributed by atoms with Gasteiger partial charge in [-0.1, -0.05) is 77.8 Å². The van der Waals surface area contributed by atoms with E-state index >= 15 is 0 Å². The number of hydrogen-bond donors (Lipinski definition) is 1. The van der Waals surface area contributed by atoms with Crippen LogP contribution in [-0.2, 0) is 11.4 Å². The van der Waals surface area contributed by atoms with Crippen LogP contribution in [0.4, 0.5) is 0 Å². The molecule has 0 aliphatic carbocycles. The summed E-state index contributed by atoms with van der Waals surface area (Å²) in [4.78, 5) is 13.8. The van der Waals surface area contributed by atoms with Crippen molar-refractivity contribution in [3.05, 3.63) is 99.5 Å². The van der Waals surface area contributed by atoms with E-state index < -0.39 is 5.97 Å². The van der Waals surface area contributed by atoms with Gasteiger partial charge in [-0.3, -0.25) is 9.69 Å². The van der Waals surface area contributed by atoms with Crippen molar-refractivity contribution in [2.24, 2.45) is 5.92 Å². The first-order chi connectivity index (χ1) is 15.5. The maximum atomic E-state index is 11.5. The number of carboxylic acid groups (broad SMARTS) is 1. The van der Waals surface area contributed by atoms with E-state index in [0.29, 0.717) is 42.6 Å². The summed E-state index contributed by atoms with van der Waals surface area (Å²) in [6, 6.07) is 23.6. The molecule has 1 heterocycles. The lowest BCUT2D eigenvalue weighted by Crippen LogP contribution is -2.39. The van der Waals surface area contributed by atoms with Crippen LogP contribution < -0.4 is 4.74 Å². The third-order valence-corrected chi connectivity index (χ3v) is 6.69. The van der Waals surface area contributed by atoms with Crippen LogP contribution in [0.1, 0.15) is 35.6 Å². The summed E-state index contributed by atoms with van der Waals surface area (Å²) in [5.41, 5.74) is 3.12. The number of likely N-dealkylation sites (tertiary alicyclic amines) is 1. The van der Waals surface area contributed by atoms with Crippen molar-refractivity contribution >= 4 is 29.2 Å². The van der Waals surface area contributed by atoms with Crippen molar-refractivity contribution in [3.8, 4) is 5.75 Å². The third kappa shape index (κ3) is 5.26. The summed E-state index contributed by atoms with van der Waals surface area (Å²) in [5, 5.41) is 10.4. The molecular weight excluding hydrogens is 445 g/mol. The first-order valence-corrected chi connectivity index (χ1v) is 11.5. The van der Waals surface area contributed by atoms with Gasteiger partial charge >= 0.3 is 5.97 Å². The molecule has 1 aliphatic rings. The van der Waals surface area contributed by atoms with E-state index in [1.807, 2.05) is 66.7 Å². The monoisotopic (exact) mass is 469 g/mol. The smallest absolute Gasteiger partial charge is 0.306 e. The molecule has 0 aromatic heterocycles. The van der Waals surface area contributed by atoms with Crippen molar-refractivity contribution in [1.29, 1.82) is 0 Å². The molecule has 1 aliphatic heterocycles. The zero-order chi connectivity index (χ0) is 22.5. The Labute approximate surface area is 198 Å². The van der Waals surface area contributed by atoms with E-state index in [2.05, 4.69) is 11.0 Å². The van der Waals surface area contributed by atoms with Gasteiger partial charge in [-0.05, 0) is 55.3 Å². The topological polar surface area (TPSA) is 49.8 Å². The van der Waals surface area contributed by atoms with E-state index in [1.165, 1.54) is 0 Å². The number of carboxylic acids is 1. The number of ether oxygens (including phenoxy) is 1. The van der Waals surface area contributed by atoms with Crippen LogP contribution in [0.15, 0.2) is 72.8 Å². The fourth-order valence-corrected chi connectivity index (χ4v) is 4.55. The molecule has 166 valence electrons. The second-order valence-corrected chi connectivity index (χ2v) is 8.85. The number of carbonyl (C=O) groups is 1. The van der Waals surface area contributed by atoms with Crippen LogP contribution in [0.2, 0.25) is 10.0 Å². The summed E-state index contributed by atoms with van der Waals surface area (Å²) in [5.74, 6) is -0.222. The lowest BCUT2D eigenvalue weighted by Gasteiger charge is -2.37. The second kappa shape index (κ2) is 10.4. The number of rotatable bonds is 7. The molecule has 1 unspecified atom stereocenters. The molecule has 0 amide bonds. The maximum absolute atomic E-state index is 11.5. The standard InChI is InChI=1S/C26H25Cl2NO3/c27-22-11-10-20(16-23(22)28)25(29-14-12-19(13-15-29)26(30)31)21-8-4-5-9-24(21)32-17-18-6-2-1-3-7-18/h1-11,16,19,25H,12-15,17H2,(H,30,31). The molecule has 4 rings (SSSR count). The predicted molar refractivity (Wildman–Crippen MR) is 127 cm³/mol. The van der Waals surface area contributed by atoms with Gasteiger partial charge in [-0.25, -0.2) is 0 Å². The van der Waals surface area contributed by atoms with Gasteiger partial charge in [0, 0.05) is 5.56 Å². The molecule has 3 aromatic rings. The summed E-state index contributed by atoms with van der Waals surface area (Å²) in [6.45, 7) is 1.82. The molecular formula is C26H25Cl2NO3. The summed E-state index contributed by atoms with van der Waals surface area (Å²) >= 11 is 12.6. The zero-order valence-electron chi connectivity index (χ0n) is 17.6. The quantitative estimate of drug-likeness (QED) is 0.431. The largest absolute Gasteiger partial charge is 0.489 e. The molecule has 1 saturated heterocycles. The van der Waals surface area contributed by atoms with E-state index in [0.717, 1.165) is 22.4 Å². The highest BCUT2D eigenvalue weighted by atomic mass is 35.5. The summed E-state index contributed by atoms with van der Waals surface area (Å²) in [7, 11) is 0. The minimum atomic E-state index is -0.720. The molecule has 32 heavy (non-hydrogen) atoms. The molecule has 0 bridgehead atoms. The minimum Gasteiger partial charge on any atom is -0.489 e. The molecule has 6 heteroatoms. The van der Waals surface area contributed by atoms with Crippen LogP contribution in [0.5, 0.6) is 5.75 Å². The van der Waals surface area contributed by atoms with Crippen LogP contribution in [-0.4, -0.2) is 29.1 Å². The Morgan fingerprint density at radius 1 is 0.969 bits per heavy atom. The first-order valence-electron chi connectivity index (χ1n) is 10.7. The van der Waals surface area contributed by atoms with Gasteiger partial charge in [-0.2, -0.15) is 0 Å². The molecule has 0 radical (unpaired) electrons. The second-order valence-electron chi connectivity index (χ2n) is 8.04. The van der Waals surface area contributed by atoms with E-state index in [9.17, 15) is 9.90 Å². The molecule has 4 nitrogen and oxygen atoms in total. The lowest BCUT2D eigenvalue weighted by atomic mass is 9.91. The van der Waals surface area contributed by atoms with Crippen LogP contribution in [0.25, 0.3) is 0 Å². The highest BCUT2D eigenvalue weighted by molar-refractivity contribution is 6.42. The molecule has 0 saturated carbocycles. The fourth-order valence-electron chi connectivity index (χ4n) is 4.25. The highest BCUT2D eigenvalue weighted by Gasteiger charge is 2.31. The average molecular weight is 470 g/mol. The number of piperidine rings is 1. The molecule has 0 spiro atoms. The Kier molecular flexibility index (Phi) is 7.36. The third-order valence-electron chi connectivity index (χ3n) is 5.95. The Balaban J connectivity index is 1.67. The van der Waals surface area contributed by atoms with Crippen LogP contribution in [0, 0.1) is 5.92 Å². The summed E-state index contributed by atoms with van der Waals surface area (Å²) in [6.07, 6.45) is 1.22. The predicted octanol–water partition coefficient (Wildman–Crippen LogP) is 6.46. The number of aliphatic carboxylic acids is 1. The van der Waals surface area contributed by atoms with Crippen molar-refractivity contribution in [3.63, 3.8) is 0 Å². The number of hydrogen-bond acceptors (Lipinski definition) is 3. The fraction of sp³-hybridized carbons (Fsp3) is 0.269. The molecule has 1 N–H and O–H groups in total. The van der Waals surface area contributed by atoms with Gasteiger partial charge in [0.25, 0.3) is 0 Å². The van der Waals surface area contributed by atoms with Gasteiger partial charge < -0.3 is 9.84 Å². The Hall–Kier alpha value is -2.53. The average Bonchev–Trinajstić information content (AvgIpc) is 2.82. The Morgan fingerprint density at radius 2 is 1.66 bits per heavy atom. The van der Waals surface area contributed by atoms with Gasteiger partial charge in [0.1, 0.15) is 12.4 Å². The SMILES string of the molecule is O=C(O)C1CCN(C(c2ccc(Cl)c(Cl)c2)c2ccccc2OCc2ccccc2)CC1. The van der Waals surface area contributed by atoms with Crippen molar-refractivity contribution in [1.82, 2.24) is 4.90 Å². The number of halogens is 2. The number of nitrogens with zero attached hydrogens (tertiary/aromatic N) is 1. The number of para-hydroxylation sites is 1. The van der Waals surface area contributed by atoms with Crippen LogP contribution in [0.3, 0.4) is 0 Å². The van der Waals surface area contributed by atoms with E-state index in [1.54, 1.807) is 0 Å². The zero-order valence-corrected chi connectivity index (χ0v) is 19.1. The van der Waals surface area contributed by atoms with Crippen LogP contribution >= 0.6 is 23.2 Å². The van der Waals surface area contributed by atoms with Gasteiger partial charge in [0.05, 0.1) is 22.0 Å². The summed E-state index contributed by atoms with van der Waals surface area (Å²) < 4.78 is 6.25. The Morgan fingerprint density at radius 3 is 2.34 bits per heavy atom. The van der Waals surface area contributed by atoms with Gasteiger partial charge in [-0.15, -0.1) is 0 Å². The number of benzene rings is 3. The van der Waals surface area contributed by atoms with Crippen molar-refractivity contribution < 1.29 is 14.6 Å². The highest BCUT2D eigenvalue weighted by Crippen LogP contribution is 2.39. The molecule has 1 fully saturated rings. The Bertz CT molecular complexity index is 1070. The van der Waals surface area contributed by atoms with E-state index in [-0.39, 0.29) is 12.0 Å².